The highest BCUT2D eigenvalue weighted by molar-refractivity contribution is 4.96. The van der Waals surface area contributed by atoms with Gasteiger partial charge >= 0.3 is 0 Å². The van der Waals surface area contributed by atoms with Gasteiger partial charge in [0.25, 0.3) is 0 Å². The van der Waals surface area contributed by atoms with E-state index < -0.39 is 112 Å². The first-order valence-electron chi connectivity index (χ1n) is 11.0. The summed E-state index contributed by atoms with van der Waals surface area (Å²) in [6.45, 7) is -2.22. The van der Waals surface area contributed by atoms with E-state index in [-0.39, 0.29) is 0 Å². The summed E-state index contributed by atoms with van der Waals surface area (Å²) >= 11 is 0. The molecule has 3 rings (SSSR count). The molecule has 9 unspecified atom stereocenters. The van der Waals surface area contributed by atoms with E-state index in [1.54, 1.807) is 0 Å². The molecule has 0 saturated carbocycles. The molecule has 3 fully saturated rings. The zero-order valence-corrected chi connectivity index (χ0v) is 18.7. The van der Waals surface area contributed by atoms with Crippen LogP contribution >= 0.6 is 0 Å². The predicted octanol–water partition coefficient (Wildman–Crippen LogP) is -6.92. The van der Waals surface area contributed by atoms with Crippen LogP contribution in [0.3, 0.4) is 0 Å². The lowest BCUT2D eigenvalue weighted by Gasteiger charge is -2.48. The maximum Gasteiger partial charge on any atom is 0.187 e. The molecule has 0 spiro atoms. The monoisotopic (exact) mass is 518 g/mol. The van der Waals surface area contributed by atoms with Gasteiger partial charge in [-0.1, -0.05) is 0 Å². The summed E-state index contributed by atoms with van der Waals surface area (Å²) in [5.74, 6) is 0. The Kier molecular flexibility index (Phi) is 10.1. The minimum Gasteiger partial charge on any atom is -0.394 e. The number of ether oxygens (including phenoxy) is 6. The third kappa shape index (κ3) is 5.78. The summed E-state index contributed by atoms with van der Waals surface area (Å²) in [6.07, 6.45) is -24.1. The smallest absolute Gasteiger partial charge is 0.187 e. The summed E-state index contributed by atoms with van der Waals surface area (Å²) in [5, 5.41) is 101. The van der Waals surface area contributed by atoms with Gasteiger partial charge in [0.2, 0.25) is 0 Å². The van der Waals surface area contributed by atoms with Gasteiger partial charge in [-0.05, 0) is 0 Å². The van der Waals surface area contributed by atoms with Crippen molar-refractivity contribution in [1.29, 1.82) is 0 Å². The maximum atomic E-state index is 10.8. The topological polar surface area (TPSA) is 258 Å². The molecular weight excluding hydrogens is 484 g/mol. The van der Waals surface area contributed by atoms with Crippen molar-refractivity contribution in [2.24, 2.45) is 0 Å². The number of rotatable bonds is 8. The van der Waals surface area contributed by atoms with Crippen molar-refractivity contribution in [3.8, 4) is 0 Å². The van der Waals surface area contributed by atoms with Crippen LogP contribution in [0.5, 0.6) is 0 Å². The van der Waals surface area contributed by atoms with E-state index in [2.05, 4.69) is 0 Å². The molecule has 0 aromatic rings. The first kappa shape index (κ1) is 28.9. The Labute approximate surface area is 199 Å². The number of methoxy groups -OCH3 is 1. The molecule has 206 valence electrons. The summed E-state index contributed by atoms with van der Waals surface area (Å²) in [4.78, 5) is 0. The van der Waals surface area contributed by atoms with Crippen molar-refractivity contribution in [2.75, 3.05) is 26.9 Å². The van der Waals surface area contributed by atoms with E-state index >= 15 is 0 Å². The molecule has 0 aromatic heterocycles. The van der Waals surface area contributed by atoms with Crippen LogP contribution in [0.15, 0.2) is 0 Å². The molecule has 0 aliphatic carbocycles. The van der Waals surface area contributed by atoms with Crippen LogP contribution in [0, 0.1) is 0 Å². The molecule has 3 aliphatic heterocycles. The molecule has 16 heteroatoms. The minimum atomic E-state index is -1.87. The highest BCUT2D eigenvalue weighted by Crippen LogP contribution is 2.32. The number of hydrogen-bond acceptors (Lipinski definition) is 16. The van der Waals surface area contributed by atoms with Gasteiger partial charge in [0, 0.05) is 7.11 Å². The van der Waals surface area contributed by atoms with Crippen LogP contribution in [0.25, 0.3) is 0 Å². The second-order valence-electron chi connectivity index (χ2n) is 8.55. The van der Waals surface area contributed by atoms with Crippen LogP contribution in [0.2, 0.25) is 0 Å². The Morgan fingerprint density at radius 2 is 0.943 bits per heavy atom. The molecule has 15 atom stereocenters. The summed E-state index contributed by atoms with van der Waals surface area (Å²) in [5.41, 5.74) is 0. The first-order valence-corrected chi connectivity index (χ1v) is 11.0. The highest BCUT2D eigenvalue weighted by Gasteiger charge is 2.53. The largest absolute Gasteiger partial charge is 0.394 e. The van der Waals surface area contributed by atoms with Gasteiger partial charge < -0.3 is 79.5 Å². The Morgan fingerprint density at radius 1 is 0.486 bits per heavy atom. The van der Waals surface area contributed by atoms with Gasteiger partial charge in [0.15, 0.2) is 18.9 Å². The van der Waals surface area contributed by atoms with Crippen molar-refractivity contribution >= 4 is 0 Å². The van der Waals surface area contributed by atoms with Crippen molar-refractivity contribution in [3.05, 3.63) is 0 Å². The summed E-state index contributed by atoms with van der Waals surface area (Å²) in [7, 11) is 1.21. The van der Waals surface area contributed by atoms with Gasteiger partial charge in [0.1, 0.15) is 73.2 Å². The predicted molar refractivity (Wildman–Crippen MR) is 106 cm³/mol. The van der Waals surface area contributed by atoms with E-state index in [4.69, 9.17) is 28.4 Å². The number of aliphatic hydroxyl groups is 10. The fourth-order valence-corrected chi connectivity index (χ4v) is 4.23. The fraction of sp³-hybridized carbons (Fsp3) is 1.00. The first-order chi connectivity index (χ1) is 16.6. The molecule has 3 saturated heterocycles. The fourth-order valence-electron chi connectivity index (χ4n) is 4.23. The molecule has 16 nitrogen and oxygen atoms in total. The van der Waals surface area contributed by atoms with E-state index in [9.17, 15) is 51.1 Å². The lowest BCUT2D eigenvalue weighted by atomic mass is 9.96. The van der Waals surface area contributed by atoms with Crippen molar-refractivity contribution in [2.45, 2.75) is 92.1 Å². The van der Waals surface area contributed by atoms with Crippen LogP contribution in [0.4, 0.5) is 0 Å². The van der Waals surface area contributed by atoms with Gasteiger partial charge in [-0.25, -0.2) is 0 Å². The Bertz CT molecular complexity index is 652. The quantitative estimate of drug-likeness (QED) is 0.143. The van der Waals surface area contributed by atoms with Gasteiger partial charge in [0.05, 0.1) is 19.8 Å². The van der Waals surface area contributed by atoms with E-state index in [0.29, 0.717) is 0 Å². The van der Waals surface area contributed by atoms with E-state index in [0.717, 1.165) is 0 Å². The van der Waals surface area contributed by atoms with Crippen LogP contribution in [-0.2, 0) is 28.4 Å². The molecule has 0 aromatic carbocycles. The van der Waals surface area contributed by atoms with Crippen LogP contribution in [-0.4, -0.2) is 170 Å². The number of aliphatic hydroxyl groups excluding tert-OH is 10. The van der Waals surface area contributed by atoms with Crippen molar-refractivity contribution in [1.82, 2.24) is 0 Å². The molecular formula is C19H34O16. The van der Waals surface area contributed by atoms with E-state index in [1.807, 2.05) is 0 Å². The third-order valence-corrected chi connectivity index (χ3v) is 6.31. The average molecular weight is 518 g/mol. The second-order valence-corrected chi connectivity index (χ2v) is 8.55. The maximum absolute atomic E-state index is 10.8. The lowest BCUT2D eigenvalue weighted by Crippen LogP contribution is -2.66. The summed E-state index contributed by atoms with van der Waals surface area (Å²) in [6, 6.07) is 0. The van der Waals surface area contributed by atoms with E-state index in [1.165, 1.54) is 7.11 Å². The Balaban J connectivity index is 1.78. The second kappa shape index (κ2) is 12.3. The van der Waals surface area contributed by atoms with Crippen LogP contribution < -0.4 is 0 Å². The average Bonchev–Trinajstić information content (AvgIpc) is 2.86. The zero-order chi connectivity index (χ0) is 26.0. The van der Waals surface area contributed by atoms with Gasteiger partial charge in [-0.3, -0.25) is 0 Å². The van der Waals surface area contributed by atoms with Crippen molar-refractivity contribution < 1.29 is 79.5 Å². The molecule has 10 N–H and O–H groups in total. The van der Waals surface area contributed by atoms with Crippen molar-refractivity contribution in [3.63, 3.8) is 0 Å². The summed E-state index contributed by atoms with van der Waals surface area (Å²) < 4.78 is 31.9. The Morgan fingerprint density at radius 3 is 1.49 bits per heavy atom. The standard InChI is InChI=1S/C19H34O16/c1-30-17-13(28)11(26)15(7(4-22)33-17)34-19-14(29)16(9(24)6(3-21)32-19)35-18-12(27)10(25)8(23)5(2-20)31-18/h5-29H,2-4H2,1H3/t5?,6?,7?,8-,9-,10?,11?,12?,13?,14?,15+,16?,17+,18+,19-/m0/s1. The Hall–Kier alpha value is -0.640. The zero-order valence-electron chi connectivity index (χ0n) is 18.7. The molecule has 0 bridgehead atoms. The molecule has 35 heavy (non-hydrogen) atoms. The SMILES string of the molecule is CO[C@@H]1OC(CO)[C@@H](O[C@@H]2OC(CO)[C@H](O)C(O[C@H]3OC(CO)[C@H](O)C(O)C3O)C2O)C(O)C1O. The highest BCUT2D eigenvalue weighted by atomic mass is 16.8. The molecule has 0 amide bonds. The third-order valence-electron chi connectivity index (χ3n) is 6.31. The molecule has 0 radical (unpaired) electrons. The number of hydrogen-bond donors (Lipinski definition) is 10. The van der Waals surface area contributed by atoms with Gasteiger partial charge in [-0.15, -0.1) is 0 Å². The lowest BCUT2D eigenvalue weighted by molar-refractivity contribution is -0.379. The van der Waals surface area contributed by atoms with Crippen LogP contribution in [0.1, 0.15) is 0 Å². The normalized spacial score (nSPS) is 51.3. The minimum absolute atomic E-state index is 0.687. The molecule has 3 heterocycles. The van der Waals surface area contributed by atoms with Gasteiger partial charge in [-0.2, -0.15) is 0 Å². The molecule has 3 aliphatic rings.